The molecule has 4 rings (SSSR count). The number of hydrogen-bond acceptors (Lipinski definition) is 6. The molecule has 0 aliphatic carbocycles. The van der Waals surface area contributed by atoms with Gasteiger partial charge in [0.1, 0.15) is 0 Å². The quantitative estimate of drug-likeness (QED) is 0.595. The smallest absolute Gasteiger partial charge is 0.310 e. The zero-order valence-corrected chi connectivity index (χ0v) is 17.0. The molecule has 1 fully saturated rings. The van der Waals surface area contributed by atoms with Gasteiger partial charge in [-0.25, -0.2) is 4.98 Å². The van der Waals surface area contributed by atoms with Crippen molar-refractivity contribution in [1.82, 2.24) is 9.88 Å². The van der Waals surface area contributed by atoms with Crippen LogP contribution in [-0.4, -0.2) is 48.6 Å². The Morgan fingerprint density at radius 1 is 1.07 bits per heavy atom. The molecule has 28 heavy (non-hydrogen) atoms. The largest absolute Gasteiger partial charge is 0.466 e. The van der Waals surface area contributed by atoms with E-state index in [-0.39, 0.29) is 5.97 Å². The van der Waals surface area contributed by atoms with Gasteiger partial charge in [-0.3, -0.25) is 9.69 Å². The molecule has 2 heterocycles. The maximum absolute atomic E-state index is 11.7. The van der Waals surface area contributed by atoms with Gasteiger partial charge in [0, 0.05) is 32.7 Å². The number of ether oxygens (including phenoxy) is 1. The normalized spacial score (nSPS) is 15.1. The van der Waals surface area contributed by atoms with Crippen molar-refractivity contribution in [3.8, 4) is 0 Å². The molecule has 6 heteroatoms. The Bertz CT molecular complexity index is 915. The molecule has 0 amide bonds. The van der Waals surface area contributed by atoms with Gasteiger partial charge in [-0.1, -0.05) is 47.7 Å². The highest BCUT2D eigenvalue weighted by molar-refractivity contribution is 7.22. The number of thiazole rings is 1. The van der Waals surface area contributed by atoms with Crippen molar-refractivity contribution in [3.63, 3.8) is 0 Å². The maximum Gasteiger partial charge on any atom is 0.310 e. The van der Waals surface area contributed by atoms with E-state index in [4.69, 9.17) is 9.72 Å². The summed E-state index contributed by atoms with van der Waals surface area (Å²) in [4.78, 5) is 21.3. The van der Waals surface area contributed by atoms with Crippen LogP contribution in [-0.2, 0) is 22.5 Å². The highest BCUT2D eigenvalue weighted by Gasteiger charge is 2.20. The van der Waals surface area contributed by atoms with Crippen molar-refractivity contribution >= 4 is 32.7 Å². The van der Waals surface area contributed by atoms with Crippen LogP contribution in [0, 0.1) is 0 Å². The van der Waals surface area contributed by atoms with Crippen LogP contribution in [0.2, 0.25) is 0 Å². The third-order valence-corrected chi connectivity index (χ3v) is 6.07. The molecule has 3 aromatic rings. The Hall–Kier alpha value is -2.44. The fraction of sp³-hybridized carbons (Fsp3) is 0.364. The van der Waals surface area contributed by atoms with Crippen LogP contribution in [0.1, 0.15) is 18.1 Å². The van der Waals surface area contributed by atoms with Crippen LogP contribution < -0.4 is 4.90 Å². The fourth-order valence-corrected chi connectivity index (χ4v) is 4.58. The van der Waals surface area contributed by atoms with Crippen LogP contribution >= 0.6 is 11.3 Å². The Morgan fingerprint density at radius 2 is 1.86 bits per heavy atom. The lowest BCUT2D eigenvalue weighted by atomic mass is 10.1. The second-order valence-corrected chi connectivity index (χ2v) is 8.04. The second-order valence-electron chi connectivity index (χ2n) is 7.03. The SMILES string of the molecule is CCOC(=O)Cc1cccc(CN2CCN(c3nc4ccccc4s3)CC2)c1. The molecule has 5 nitrogen and oxygen atoms in total. The summed E-state index contributed by atoms with van der Waals surface area (Å²) in [5.41, 5.74) is 3.35. The summed E-state index contributed by atoms with van der Waals surface area (Å²) in [5.74, 6) is -0.163. The molecule has 2 aromatic carbocycles. The van der Waals surface area contributed by atoms with E-state index >= 15 is 0 Å². The van der Waals surface area contributed by atoms with E-state index in [0.717, 1.165) is 48.9 Å². The van der Waals surface area contributed by atoms with Gasteiger partial charge in [-0.05, 0) is 30.2 Å². The zero-order chi connectivity index (χ0) is 19.3. The topological polar surface area (TPSA) is 45.7 Å². The van der Waals surface area contributed by atoms with E-state index in [9.17, 15) is 4.79 Å². The number of hydrogen-bond donors (Lipinski definition) is 0. The molecular weight excluding hydrogens is 370 g/mol. The zero-order valence-electron chi connectivity index (χ0n) is 16.1. The average molecular weight is 396 g/mol. The Balaban J connectivity index is 1.33. The minimum absolute atomic E-state index is 0.163. The second kappa shape index (κ2) is 8.71. The summed E-state index contributed by atoms with van der Waals surface area (Å²) < 4.78 is 6.30. The van der Waals surface area contributed by atoms with Gasteiger partial charge in [0.05, 0.1) is 23.2 Å². The third kappa shape index (κ3) is 4.51. The minimum atomic E-state index is -0.163. The number of para-hydroxylation sites is 1. The van der Waals surface area contributed by atoms with Gasteiger partial charge in [0.15, 0.2) is 5.13 Å². The molecule has 0 atom stereocenters. The van der Waals surface area contributed by atoms with E-state index in [2.05, 4.69) is 40.1 Å². The lowest BCUT2D eigenvalue weighted by molar-refractivity contribution is -0.142. The summed E-state index contributed by atoms with van der Waals surface area (Å²) in [6.45, 7) is 7.17. The Morgan fingerprint density at radius 3 is 2.64 bits per heavy atom. The van der Waals surface area contributed by atoms with Gasteiger partial charge in [0.25, 0.3) is 0 Å². The van der Waals surface area contributed by atoms with E-state index in [1.807, 2.05) is 25.1 Å². The lowest BCUT2D eigenvalue weighted by Crippen LogP contribution is -2.45. The summed E-state index contributed by atoms with van der Waals surface area (Å²) in [7, 11) is 0. The van der Waals surface area contributed by atoms with Crippen LogP contribution in [0.3, 0.4) is 0 Å². The fourth-order valence-electron chi connectivity index (χ4n) is 3.57. The number of aromatic nitrogens is 1. The molecule has 1 aliphatic heterocycles. The monoisotopic (exact) mass is 395 g/mol. The molecule has 0 unspecified atom stereocenters. The molecule has 1 aliphatic rings. The summed E-state index contributed by atoms with van der Waals surface area (Å²) in [6, 6.07) is 16.6. The predicted molar refractivity (Wildman–Crippen MR) is 114 cm³/mol. The lowest BCUT2D eigenvalue weighted by Gasteiger charge is -2.34. The van der Waals surface area contributed by atoms with Gasteiger partial charge < -0.3 is 9.64 Å². The Labute approximate surface area is 169 Å². The summed E-state index contributed by atoms with van der Waals surface area (Å²) in [6.07, 6.45) is 0.340. The number of rotatable bonds is 6. The number of nitrogens with zero attached hydrogens (tertiary/aromatic N) is 3. The van der Waals surface area contributed by atoms with E-state index < -0.39 is 0 Å². The first-order valence-corrected chi connectivity index (χ1v) is 10.6. The third-order valence-electron chi connectivity index (χ3n) is 4.98. The summed E-state index contributed by atoms with van der Waals surface area (Å²) in [5, 5.41) is 1.12. The first kappa shape index (κ1) is 18.9. The van der Waals surface area contributed by atoms with Crippen molar-refractivity contribution in [2.24, 2.45) is 0 Å². The molecule has 0 N–H and O–H groups in total. The van der Waals surface area contributed by atoms with Crippen LogP contribution in [0.15, 0.2) is 48.5 Å². The Kier molecular flexibility index (Phi) is 5.88. The average Bonchev–Trinajstić information content (AvgIpc) is 3.13. The first-order chi connectivity index (χ1) is 13.7. The number of piperazine rings is 1. The number of benzene rings is 2. The van der Waals surface area contributed by atoms with Gasteiger partial charge >= 0.3 is 5.97 Å². The molecule has 1 saturated heterocycles. The van der Waals surface area contributed by atoms with Crippen LogP contribution in [0.25, 0.3) is 10.2 Å². The molecule has 0 radical (unpaired) electrons. The standard InChI is InChI=1S/C22H25N3O2S/c1-2-27-21(26)15-17-6-5-7-18(14-17)16-24-10-12-25(13-11-24)22-23-19-8-3-4-9-20(19)28-22/h3-9,14H,2,10-13,15-16H2,1H3. The maximum atomic E-state index is 11.7. The molecule has 1 aromatic heterocycles. The van der Waals surface area contributed by atoms with E-state index in [0.29, 0.717) is 13.0 Å². The van der Waals surface area contributed by atoms with Crippen molar-refractivity contribution in [2.45, 2.75) is 19.9 Å². The van der Waals surface area contributed by atoms with E-state index in [1.165, 1.54) is 10.3 Å². The number of anilines is 1. The molecule has 146 valence electrons. The number of fused-ring (bicyclic) bond motifs is 1. The van der Waals surface area contributed by atoms with Crippen molar-refractivity contribution in [2.75, 3.05) is 37.7 Å². The highest BCUT2D eigenvalue weighted by Crippen LogP contribution is 2.29. The molecule has 0 spiro atoms. The first-order valence-electron chi connectivity index (χ1n) is 9.77. The van der Waals surface area contributed by atoms with E-state index in [1.54, 1.807) is 11.3 Å². The van der Waals surface area contributed by atoms with Crippen LogP contribution in [0.4, 0.5) is 5.13 Å². The van der Waals surface area contributed by atoms with Crippen molar-refractivity contribution < 1.29 is 9.53 Å². The van der Waals surface area contributed by atoms with Gasteiger partial charge in [0.2, 0.25) is 0 Å². The summed E-state index contributed by atoms with van der Waals surface area (Å²) >= 11 is 1.77. The van der Waals surface area contributed by atoms with Crippen molar-refractivity contribution in [3.05, 3.63) is 59.7 Å². The minimum Gasteiger partial charge on any atom is -0.466 e. The van der Waals surface area contributed by atoms with Gasteiger partial charge in [-0.15, -0.1) is 0 Å². The van der Waals surface area contributed by atoms with Crippen LogP contribution in [0.5, 0.6) is 0 Å². The molecule has 0 saturated carbocycles. The predicted octanol–water partition coefficient (Wildman–Crippen LogP) is 3.72. The number of carbonyl (C=O) groups is 1. The molecule has 0 bridgehead atoms. The number of esters is 1. The van der Waals surface area contributed by atoms with Gasteiger partial charge in [-0.2, -0.15) is 0 Å². The van der Waals surface area contributed by atoms with Crippen molar-refractivity contribution in [1.29, 1.82) is 0 Å². The highest BCUT2D eigenvalue weighted by atomic mass is 32.1. The molecular formula is C22H25N3O2S. The number of carbonyl (C=O) groups excluding carboxylic acids is 1.